The van der Waals surface area contributed by atoms with Crippen molar-refractivity contribution in [2.45, 2.75) is 4.90 Å². The number of benzene rings is 2. The van der Waals surface area contributed by atoms with Gasteiger partial charge in [0.25, 0.3) is 15.9 Å². The number of nitrogens with one attached hydrogen (secondary N) is 2. The van der Waals surface area contributed by atoms with Crippen LogP contribution in [0.2, 0.25) is 0 Å². The number of sulfonamides is 1. The van der Waals surface area contributed by atoms with E-state index in [1.54, 1.807) is 12.1 Å². The van der Waals surface area contributed by atoms with Crippen molar-refractivity contribution in [2.24, 2.45) is 0 Å². The third-order valence-corrected chi connectivity index (χ3v) is 4.47. The monoisotopic (exact) mass is 359 g/mol. The molecule has 9 heteroatoms. The van der Waals surface area contributed by atoms with Crippen molar-refractivity contribution >= 4 is 27.6 Å². The molecule has 2 aromatic carbocycles. The number of anilines is 1. The number of amides is 1. The average molecular weight is 359 g/mol. The smallest absolute Gasteiger partial charge is 0.322 e. The maximum atomic E-state index is 12.3. The number of carboxylic acids is 1. The predicted molar refractivity (Wildman–Crippen MR) is 88.4 cm³/mol. The third kappa shape index (κ3) is 4.79. The number of carbonyl (C=O) groups is 2. The molecule has 0 bridgehead atoms. The van der Waals surface area contributed by atoms with Crippen LogP contribution >= 0.6 is 0 Å². The van der Waals surface area contributed by atoms with Gasteiger partial charge in [-0.05, 0) is 42.5 Å². The van der Waals surface area contributed by atoms with Crippen LogP contribution in [0.4, 0.5) is 5.69 Å². The maximum Gasteiger partial charge on any atom is 0.322 e. The summed E-state index contributed by atoms with van der Waals surface area (Å²) in [6.07, 6.45) is 0. The molecule has 0 atom stereocenters. The van der Waals surface area contributed by atoms with E-state index in [1.165, 1.54) is 36.4 Å². The van der Waals surface area contributed by atoms with E-state index in [0.717, 1.165) is 0 Å². The molecule has 3 N–H and O–H groups in total. The molecule has 0 aliphatic carbocycles. The Morgan fingerprint density at radius 1 is 1.12 bits per heavy atom. The Hall–Kier alpha value is -3.38. The number of aliphatic carboxylic acids is 1. The second-order valence-corrected chi connectivity index (χ2v) is 6.58. The number of rotatable bonds is 6. The van der Waals surface area contributed by atoms with Gasteiger partial charge in [-0.2, -0.15) is 5.26 Å². The minimum Gasteiger partial charge on any atom is -0.480 e. The van der Waals surface area contributed by atoms with E-state index in [-0.39, 0.29) is 16.1 Å². The molecule has 1 amide bonds. The molecule has 0 aliphatic heterocycles. The van der Waals surface area contributed by atoms with Gasteiger partial charge >= 0.3 is 5.97 Å². The molecule has 0 aromatic heterocycles. The zero-order valence-corrected chi connectivity index (χ0v) is 13.6. The van der Waals surface area contributed by atoms with Crippen molar-refractivity contribution in [1.82, 2.24) is 5.32 Å². The van der Waals surface area contributed by atoms with Crippen molar-refractivity contribution in [3.05, 3.63) is 59.7 Å². The van der Waals surface area contributed by atoms with Crippen LogP contribution in [0.5, 0.6) is 0 Å². The molecule has 0 unspecified atom stereocenters. The highest BCUT2D eigenvalue weighted by atomic mass is 32.2. The van der Waals surface area contributed by atoms with Crippen LogP contribution in [-0.2, 0) is 14.8 Å². The van der Waals surface area contributed by atoms with Crippen molar-refractivity contribution < 1.29 is 23.1 Å². The van der Waals surface area contributed by atoms with Crippen LogP contribution in [0.15, 0.2) is 53.4 Å². The maximum absolute atomic E-state index is 12.3. The van der Waals surface area contributed by atoms with E-state index in [0.29, 0.717) is 5.56 Å². The molecular formula is C16H13N3O5S. The lowest BCUT2D eigenvalue weighted by Crippen LogP contribution is -2.29. The Morgan fingerprint density at radius 3 is 2.40 bits per heavy atom. The number of carbonyl (C=O) groups excluding carboxylic acids is 1. The van der Waals surface area contributed by atoms with Gasteiger partial charge in [0, 0.05) is 5.56 Å². The lowest BCUT2D eigenvalue weighted by molar-refractivity contribution is -0.135. The molecule has 0 heterocycles. The van der Waals surface area contributed by atoms with E-state index in [2.05, 4.69) is 10.0 Å². The molecule has 0 spiro atoms. The Balaban J connectivity index is 2.16. The second kappa shape index (κ2) is 7.46. The first-order chi connectivity index (χ1) is 11.8. The summed E-state index contributed by atoms with van der Waals surface area (Å²) >= 11 is 0. The highest BCUT2D eigenvalue weighted by Gasteiger charge is 2.15. The summed E-state index contributed by atoms with van der Waals surface area (Å²) in [5.41, 5.74) is 0.680. The molecule has 0 saturated heterocycles. The topological polar surface area (TPSA) is 136 Å². The molecule has 0 saturated carbocycles. The molecule has 0 fully saturated rings. The van der Waals surface area contributed by atoms with Crippen molar-refractivity contribution in [2.75, 3.05) is 11.3 Å². The van der Waals surface area contributed by atoms with Gasteiger partial charge in [0.1, 0.15) is 6.54 Å². The fourth-order valence-electron chi connectivity index (χ4n) is 1.91. The van der Waals surface area contributed by atoms with Crippen LogP contribution in [0.1, 0.15) is 15.9 Å². The number of hydrogen-bond donors (Lipinski definition) is 3. The third-order valence-electron chi connectivity index (χ3n) is 3.07. The normalized spacial score (nSPS) is 10.5. The molecule has 2 aromatic rings. The Labute approximate surface area is 143 Å². The number of hydrogen-bond acceptors (Lipinski definition) is 5. The standard InChI is InChI=1S/C16H13N3O5S/c17-9-11-2-1-3-13(8-11)19-25(23,24)14-6-4-12(5-7-14)16(22)18-10-15(20)21/h1-8,19H,10H2,(H,18,22)(H,20,21). The first kappa shape index (κ1) is 18.0. The fourth-order valence-corrected chi connectivity index (χ4v) is 2.96. The Kier molecular flexibility index (Phi) is 5.36. The van der Waals surface area contributed by atoms with Crippen LogP contribution in [0, 0.1) is 11.3 Å². The minimum absolute atomic E-state index is 0.0790. The highest BCUT2D eigenvalue weighted by molar-refractivity contribution is 7.92. The summed E-state index contributed by atoms with van der Waals surface area (Å²) in [5, 5.41) is 19.5. The molecule has 0 radical (unpaired) electrons. The van der Waals surface area contributed by atoms with E-state index >= 15 is 0 Å². The number of nitrogens with zero attached hydrogens (tertiary/aromatic N) is 1. The van der Waals surface area contributed by atoms with Gasteiger partial charge < -0.3 is 10.4 Å². The van der Waals surface area contributed by atoms with E-state index in [1.807, 2.05) is 6.07 Å². The van der Waals surface area contributed by atoms with Crippen molar-refractivity contribution in [3.63, 3.8) is 0 Å². The lowest BCUT2D eigenvalue weighted by Gasteiger charge is -2.09. The van der Waals surface area contributed by atoms with Gasteiger partial charge in [-0.15, -0.1) is 0 Å². The summed E-state index contributed by atoms with van der Waals surface area (Å²) in [5.74, 6) is -1.81. The van der Waals surface area contributed by atoms with Gasteiger partial charge in [0.05, 0.1) is 22.2 Å². The zero-order chi connectivity index (χ0) is 18.4. The van der Waals surface area contributed by atoms with Gasteiger partial charge in [0.15, 0.2) is 0 Å². The number of nitriles is 1. The van der Waals surface area contributed by atoms with E-state index < -0.39 is 28.4 Å². The predicted octanol–water partition coefficient (Wildman–Crippen LogP) is 1.17. The van der Waals surface area contributed by atoms with Crippen LogP contribution in [0.25, 0.3) is 0 Å². The molecule has 8 nitrogen and oxygen atoms in total. The zero-order valence-electron chi connectivity index (χ0n) is 12.8. The summed E-state index contributed by atoms with van der Waals surface area (Å²) < 4.78 is 27.0. The number of carboxylic acid groups (broad SMARTS) is 1. The summed E-state index contributed by atoms with van der Waals surface area (Å²) in [7, 11) is -3.89. The Bertz CT molecular complexity index is 946. The first-order valence-electron chi connectivity index (χ1n) is 6.95. The van der Waals surface area contributed by atoms with E-state index in [9.17, 15) is 18.0 Å². The Morgan fingerprint density at radius 2 is 1.80 bits per heavy atom. The van der Waals surface area contributed by atoms with Gasteiger partial charge in [-0.3, -0.25) is 14.3 Å². The van der Waals surface area contributed by atoms with Gasteiger partial charge in [-0.1, -0.05) is 6.07 Å². The summed E-state index contributed by atoms with van der Waals surface area (Å²) in [4.78, 5) is 22.0. The largest absolute Gasteiger partial charge is 0.480 e. The summed E-state index contributed by atoms with van der Waals surface area (Å²) in [6.45, 7) is -0.532. The van der Waals surface area contributed by atoms with Crippen LogP contribution < -0.4 is 10.0 Å². The molecule has 128 valence electrons. The van der Waals surface area contributed by atoms with E-state index in [4.69, 9.17) is 10.4 Å². The quantitative estimate of drug-likeness (QED) is 0.708. The van der Waals surface area contributed by atoms with Crippen molar-refractivity contribution in [3.8, 4) is 6.07 Å². The van der Waals surface area contributed by atoms with Gasteiger partial charge in [-0.25, -0.2) is 8.42 Å². The molecule has 0 aliphatic rings. The fraction of sp³-hybridized carbons (Fsp3) is 0.0625. The molecule has 2 rings (SSSR count). The second-order valence-electron chi connectivity index (χ2n) is 4.90. The van der Waals surface area contributed by atoms with Crippen LogP contribution in [0.3, 0.4) is 0 Å². The summed E-state index contributed by atoms with van der Waals surface area (Å²) in [6, 6.07) is 12.9. The molecule has 25 heavy (non-hydrogen) atoms. The van der Waals surface area contributed by atoms with Crippen molar-refractivity contribution in [1.29, 1.82) is 5.26 Å². The highest BCUT2D eigenvalue weighted by Crippen LogP contribution is 2.17. The average Bonchev–Trinajstić information content (AvgIpc) is 2.59. The minimum atomic E-state index is -3.89. The van der Waals surface area contributed by atoms with Gasteiger partial charge in [0.2, 0.25) is 0 Å². The van der Waals surface area contributed by atoms with Crippen LogP contribution in [-0.4, -0.2) is 31.9 Å². The first-order valence-corrected chi connectivity index (χ1v) is 8.43. The lowest BCUT2D eigenvalue weighted by atomic mass is 10.2. The SMILES string of the molecule is N#Cc1cccc(NS(=O)(=O)c2ccc(C(=O)NCC(=O)O)cc2)c1. The molecular weight excluding hydrogens is 346 g/mol.